The van der Waals surface area contributed by atoms with Gasteiger partial charge in [0.05, 0.1) is 30.8 Å². The van der Waals surface area contributed by atoms with Crippen LogP contribution in [-0.2, 0) is 9.53 Å². The van der Waals surface area contributed by atoms with Crippen LogP contribution in [-0.4, -0.2) is 71.3 Å². The van der Waals surface area contributed by atoms with E-state index >= 15 is 0 Å². The number of urea groups is 1. The summed E-state index contributed by atoms with van der Waals surface area (Å²) in [6.45, 7) is 3.98. The molecule has 0 unspecified atom stereocenters. The van der Waals surface area contributed by atoms with Gasteiger partial charge in [-0.05, 0) is 25.7 Å². The molecule has 1 aromatic rings. The lowest BCUT2D eigenvalue weighted by Crippen LogP contribution is -2.50. The van der Waals surface area contributed by atoms with Crippen LogP contribution >= 0.6 is 0 Å². The van der Waals surface area contributed by atoms with Crippen LogP contribution in [0.25, 0.3) is 0 Å². The number of aromatic nitrogens is 2. The van der Waals surface area contributed by atoms with Gasteiger partial charge in [-0.2, -0.15) is 5.10 Å². The van der Waals surface area contributed by atoms with Crippen LogP contribution in [0.15, 0.2) is 6.20 Å². The normalized spacial score (nSPS) is 24.2. The van der Waals surface area contributed by atoms with Gasteiger partial charge < -0.3 is 19.9 Å². The molecule has 0 aromatic carbocycles. The van der Waals surface area contributed by atoms with Gasteiger partial charge in [0, 0.05) is 38.0 Å². The third-order valence-electron chi connectivity index (χ3n) is 6.03. The van der Waals surface area contributed by atoms with Gasteiger partial charge in [-0.1, -0.05) is 12.8 Å². The zero-order valence-electron chi connectivity index (χ0n) is 15.8. The number of morpholine rings is 1. The summed E-state index contributed by atoms with van der Waals surface area (Å²) >= 11 is 0. The average molecular weight is 375 g/mol. The first-order valence-electron chi connectivity index (χ1n) is 10.2. The van der Waals surface area contributed by atoms with E-state index in [2.05, 4.69) is 15.5 Å². The number of piperidine rings is 1. The number of carbonyl (C=O) groups is 2. The van der Waals surface area contributed by atoms with Crippen LogP contribution in [0.4, 0.5) is 10.5 Å². The predicted octanol–water partition coefficient (Wildman–Crippen LogP) is 2.17. The molecule has 0 radical (unpaired) electrons. The smallest absolute Gasteiger partial charge is 0.320 e. The van der Waals surface area contributed by atoms with Crippen molar-refractivity contribution in [3.8, 4) is 0 Å². The highest BCUT2D eigenvalue weighted by Gasteiger charge is 2.31. The Morgan fingerprint density at radius 3 is 2.63 bits per heavy atom. The fourth-order valence-electron chi connectivity index (χ4n) is 4.47. The van der Waals surface area contributed by atoms with Gasteiger partial charge in [0.25, 0.3) is 0 Å². The topological polar surface area (TPSA) is 90.6 Å². The molecule has 8 heteroatoms. The first kappa shape index (κ1) is 18.3. The van der Waals surface area contributed by atoms with Gasteiger partial charge in [0.15, 0.2) is 0 Å². The highest BCUT2D eigenvalue weighted by atomic mass is 16.5. The number of carbonyl (C=O) groups excluding carboxylic acids is 2. The van der Waals surface area contributed by atoms with Crippen LogP contribution in [0.5, 0.6) is 0 Å². The van der Waals surface area contributed by atoms with Crippen molar-refractivity contribution in [2.45, 2.75) is 44.4 Å². The molecule has 1 atom stereocenters. The number of H-pyrrole nitrogens is 1. The Labute approximate surface area is 159 Å². The Bertz CT molecular complexity index is 664. The highest BCUT2D eigenvalue weighted by Crippen LogP contribution is 2.32. The summed E-state index contributed by atoms with van der Waals surface area (Å²) in [5.74, 6) is 0.399. The summed E-state index contributed by atoms with van der Waals surface area (Å²) in [5, 5.41) is 10.3. The van der Waals surface area contributed by atoms with E-state index in [9.17, 15) is 9.59 Å². The zero-order valence-corrected chi connectivity index (χ0v) is 15.8. The fourth-order valence-corrected chi connectivity index (χ4v) is 4.47. The highest BCUT2D eigenvalue weighted by molar-refractivity contribution is 5.93. The Morgan fingerprint density at radius 2 is 1.85 bits per heavy atom. The minimum Gasteiger partial charge on any atom is -0.378 e. The molecular formula is C19H29N5O3. The van der Waals surface area contributed by atoms with E-state index in [-0.39, 0.29) is 23.8 Å². The largest absolute Gasteiger partial charge is 0.378 e. The van der Waals surface area contributed by atoms with E-state index in [0.29, 0.717) is 32.8 Å². The first-order valence-corrected chi connectivity index (χ1v) is 10.2. The SMILES string of the molecule is O=C(Nc1cn[nH]c1[C@@H]1CCCN(C(=O)N2CCOCC2)C1)C1CCCC1. The third-order valence-corrected chi connectivity index (χ3v) is 6.03. The van der Waals surface area contributed by atoms with Crippen LogP contribution in [0.3, 0.4) is 0 Å². The molecule has 1 aromatic heterocycles. The minimum absolute atomic E-state index is 0.0963. The van der Waals surface area contributed by atoms with Gasteiger partial charge in [-0.3, -0.25) is 9.89 Å². The number of hydrogen-bond acceptors (Lipinski definition) is 4. The summed E-state index contributed by atoms with van der Waals surface area (Å²) in [6, 6.07) is 0.0963. The van der Waals surface area contributed by atoms with Crippen molar-refractivity contribution in [1.29, 1.82) is 0 Å². The number of rotatable bonds is 3. The summed E-state index contributed by atoms with van der Waals surface area (Å²) in [4.78, 5) is 29.1. The molecule has 3 heterocycles. The van der Waals surface area contributed by atoms with E-state index in [1.54, 1.807) is 6.20 Å². The predicted molar refractivity (Wildman–Crippen MR) is 101 cm³/mol. The van der Waals surface area contributed by atoms with Crippen molar-refractivity contribution in [3.63, 3.8) is 0 Å². The van der Waals surface area contributed by atoms with Crippen LogP contribution in [0.1, 0.15) is 50.1 Å². The Hall–Kier alpha value is -2.09. The third kappa shape index (κ3) is 4.10. The van der Waals surface area contributed by atoms with Crippen molar-refractivity contribution in [2.24, 2.45) is 5.92 Å². The summed E-state index contributed by atoms with van der Waals surface area (Å²) in [7, 11) is 0. The monoisotopic (exact) mass is 375 g/mol. The molecule has 3 aliphatic rings. The number of likely N-dealkylation sites (tertiary alicyclic amines) is 1. The maximum Gasteiger partial charge on any atom is 0.320 e. The standard InChI is InChI=1S/C19H29N5O3/c25-18(14-4-1-2-5-14)21-16-12-20-22-17(16)15-6-3-7-24(13-15)19(26)23-8-10-27-11-9-23/h12,14-15H,1-11,13H2,(H,20,22)(H,21,25)/t15-/m1/s1. The number of nitrogens with one attached hydrogen (secondary N) is 2. The number of hydrogen-bond donors (Lipinski definition) is 2. The second kappa shape index (κ2) is 8.29. The second-order valence-corrected chi connectivity index (χ2v) is 7.84. The zero-order chi connectivity index (χ0) is 18.6. The Morgan fingerprint density at radius 1 is 1.07 bits per heavy atom. The minimum atomic E-state index is 0.0963. The summed E-state index contributed by atoms with van der Waals surface area (Å²) in [6.07, 6.45) is 7.87. The van der Waals surface area contributed by atoms with E-state index < -0.39 is 0 Å². The molecule has 3 amide bonds. The fraction of sp³-hybridized carbons (Fsp3) is 0.737. The average Bonchev–Trinajstić information content (AvgIpc) is 3.40. The molecule has 8 nitrogen and oxygen atoms in total. The van der Waals surface area contributed by atoms with Crippen LogP contribution in [0, 0.1) is 5.92 Å². The molecule has 1 saturated carbocycles. The van der Waals surface area contributed by atoms with Gasteiger partial charge in [-0.15, -0.1) is 0 Å². The maximum absolute atomic E-state index is 12.8. The molecule has 148 valence electrons. The molecular weight excluding hydrogens is 346 g/mol. The van der Waals surface area contributed by atoms with Crippen LogP contribution < -0.4 is 5.32 Å². The van der Waals surface area contributed by atoms with Crippen molar-refractivity contribution >= 4 is 17.6 Å². The van der Waals surface area contributed by atoms with Crippen molar-refractivity contribution in [1.82, 2.24) is 20.0 Å². The lowest BCUT2D eigenvalue weighted by atomic mass is 9.94. The van der Waals surface area contributed by atoms with Gasteiger partial charge in [0.2, 0.25) is 5.91 Å². The van der Waals surface area contributed by atoms with Crippen molar-refractivity contribution < 1.29 is 14.3 Å². The first-order chi connectivity index (χ1) is 13.2. The Kier molecular flexibility index (Phi) is 5.61. The van der Waals surface area contributed by atoms with Crippen molar-refractivity contribution in [2.75, 3.05) is 44.7 Å². The van der Waals surface area contributed by atoms with Crippen LogP contribution in [0.2, 0.25) is 0 Å². The number of amides is 3. The molecule has 27 heavy (non-hydrogen) atoms. The number of nitrogens with zero attached hydrogens (tertiary/aromatic N) is 3. The number of ether oxygens (including phenoxy) is 1. The van der Waals surface area contributed by atoms with E-state index in [1.165, 1.54) is 0 Å². The molecule has 3 fully saturated rings. The van der Waals surface area contributed by atoms with E-state index in [1.807, 2.05) is 9.80 Å². The summed E-state index contributed by atoms with van der Waals surface area (Å²) < 4.78 is 5.35. The van der Waals surface area contributed by atoms with Gasteiger partial charge >= 0.3 is 6.03 Å². The van der Waals surface area contributed by atoms with Crippen molar-refractivity contribution in [3.05, 3.63) is 11.9 Å². The molecule has 2 aliphatic heterocycles. The maximum atomic E-state index is 12.8. The molecule has 0 bridgehead atoms. The number of aromatic amines is 1. The molecule has 4 rings (SSSR count). The lowest BCUT2D eigenvalue weighted by molar-refractivity contribution is -0.119. The van der Waals surface area contributed by atoms with Gasteiger partial charge in [-0.25, -0.2) is 4.79 Å². The van der Waals surface area contributed by atoms with E-state index in [4.69, 9.17) is 4.74 Å². The lowest BCUT2D eigenvalue weighted by Gasteiger charge is -2.37. The molecule has 0 spiro atoms. The number of anilines is 1. The molecule has 2 saturated heterocycles. The molecule has 2 N–H and O–H groups in total. The second-order valence-electron chi connectivity index (χ2n) is 7.84. The summed E-state index contributed by atoms with van der Waals surface area (Å²) in [5.41, 5.74) is 1.72. The quantitative estimate of drug-likeness (QED) is 0.847. The van der Waals surface area contributed by atoms with E-state index in [0.717, 1.165) is 56.5 Å². The Balaban J connectivity index is 1.40. The molecule has 1 aliphatic carbocycles. The van der Waals surface area contributed by atoms with Gasteiger partial charge in [0.1, 0.15) is 0 Å².